The summed E-state index contributed by atoms with van der Waals surface area (Å²) in [7, 11) is -4.28. The molecule has 9 heavy (non-hydrogen) atoms. The van der Waals surface area contributed by atoms with Gasteiger partial charge in [-0.1, -0.05) is 0 Å². The molecule has 0 aliphatic carbocycles. The maximum Gasteiger partial charge on any atom is 2.00 e. The first-order valence-electron chi connectivity index (χ1n) is 1.94. The minimum Gasteiger partial charge on any atom is -1.00 e. The molecule has 2 N–H and O–H groups in total. The molecule has 6 heteroatoms. The van der Waals surface area contributed by atoms with Crippen LogP contribution in [0.3, 0.4) is 0 Å². The fourth-order valence-electron chi connectivity index (χ4n) is 0. The molecule has 0 aromatic heterocycles. The molecule has 0 heterocycles. The molecule has 0 bridgehead atoms. The van der Waals surface area contributed by atoms with Crippen molar-refractivity contribution in [1.82, 2.24) is 0 Å². The molecule has 0 rings (SSSR count). The second-order valence-corrected chi connectivity index (χ2v) is 3.87. The molecule has 0 aliphatic heterocycles. The van der Waals surface area contributed by atoms with Crippen molar-refractivity contribution in [3.8, 4) is 0 Å². The molecule has 0 spiro atoms. The van der Waals surface area contributed by atoms with E-state index < -0.39 is 15.1 Å². The summed E-state index contributed by atoms with van der Waals surface area (Å²) in [4.78, 5) is -2.03. The van der Waals surface area contributed by atoms with Gasteiger partial charge in [-0.2, -0.15) is 8.42 Å². The average Bonchev–Trinajstić information content (AvgIpc) is 1.25. The van der Waals surface area contributed by atoms with E-state index in [1.54, 1.807) is 0 Å². The minimum atomic E-state index is -4.28. The van der Waals surface area contributed by atoms with E-state index in [4.69, 9.17) is 9.66 Å². The van der Waals surface area contributed by atoms with Crippen molar-refractivity contribution in [3.63, 3.8) is 0 Å². The monoisotopic (exact) mass is 182 g/mol. The van der Waals surface area contributed by atoms with Gasteiger partial charge in [0.15, 0.2) is 4.93 Å². The van der Waals surface area contributed by atoms with Crippen LogP contribution in [0, 0.1) is 0 Å². The van der Waals surface area contributed by atoms with Crippen LogP contribution in [0.5, 0.6) is 0 Å². The van der Waals surface area contributed by atoms with Gasteiger partial charge in [0.2, 0.25) is 0 Å². The quantitative estimate of drug-likeness (QED) is 0.421. The predicted octanol–water partition coefficient (Wildman–Crippen LogP) is -0.553. The Morgan fingerprint density at radius 3 is 1.56 bits per heavy atom. The van der Waals surface area contributed by atoms with Crippen molar-refractivity contribution < 1.29 is 20.9 Å². The van der Waals surface area contributed by atoms with Gasteiger partial charge in [-0.3, -0.25) is 4.55 Å². The SMILES string of the molecule is CC(C)(O)S(=O)(=O)O.[Ca+2].[H-].[H-]. The van der Waals surface area contributed by atoms with Crippen LogP contribution in [-0.4, -0.2) is 60.7 Å². The minimum absolute atomic E-state index is 0. The van der Waals surface area contributed by atoms with Gasteiger partial charge < -0.3 is 7.96 Å². The third-order valence-corrected chi connectivity index (χ3v) is 1.89. The van der Waals surface area contributed by atoms with Crippen LogP contribution in [0.2, 0.25) is 0 Å². The number of hydrogen-bond donors (Lipinski definition) is 2. The number of rotatable bonds is 1. The molecule has 0 aliphatic rings. The van der Waals surface area contributed by atoms with E-state index in [1.165, 1.54) is 0 Å². The van der Waals surface area contributed by atoms with Gasteiger partial charge in [0.25, 0.3) is 10.1 Å². The van der Waals surface area contributed by atoms with Crippen molar-refractivity contribution in [2.45, 2.75) is 18.8 Å². The van der Waals surface area contributed by atoms with Crippen molar-refractivity contribution in [2.75, 3.05) is 0 Å². The summed E-state index contributed by atoms with van der Waals surface area (Å²) < 4.78 is 28.0. The number of aliphatic hydroxyl groups is 1. The maximum absolute atomic E-state index is 9.96. The molecule has 0 fully saturated rings. The molecular weight excluding hydrogens is 172 g/mol. The van der Waals surface area contributed by atoms with Gasteiger partial charge in [0.1, 0.15) is 0 Å². The smallest absolute Gasteiger partial charge is 1.00 e. The summed E-state index contributed by atoms with van der Waals surface area (Å²) in [6.45, 7) is 1.98. The van der Waals surface area contributed by atoms with Gasteiger partial charge in [-0.15, -0.1) is 0 Å². The van der Waals surface area contributed by atoms with Gasteiger partial charge >= 0.3 is 37.7 Å². The van der Waals surface area contributed by atoms with E-state index in [-0.39, 0.29) is 40.6 Å². The molecule has 0 atom stereocenters. The summed E-state index contributed by atoms with van der Waals surface area (Å²) in [5.41, 5.74) is 0. The van der Waals surface area contributed by atoms with E-state index in [0.29, 0.717) is 0 Å². The Morgan fingerprint density at radius 1 is 1.44 bits per heavy atom. The molecule has 4 nitrogen and oxygen atoms in total. The van der Waals surface area contributed by atoms with Crippen LogP contribution in [-0.2, 0) is 10.1 Å². The Labute approximate surface area is 87.0 Å². The molecule has 0 saturated carbocycles. The van der Waals surface area contributed by atoms with Gasteiger partial charge in [0.05, 0.1) is 0 Å². The normalized spacial score (nSPS) is 12.4. The summed E-state index contributed by atoms with van der Waals surface area (Å²) in [5, 5.41) is 8.52. The van der Waals surface area contributed by atoms with Gasteiger partial charge in [0, 0.05) is 0 Å². The van der Waals surface area contributed by atoms with Crippen molar-refractivity contribution >= 4 is 47.9 Å². The largest absolute Gasteiger partial charge is 2.00 e. The zero-order valence-electron chi connectivity index (χ0n) is 7.33. The molecule has 0 aromatic rings. The zero-order valence-corrected chi connectivity index (χ0v) is 8.35. The first-order valence-corrected chi connectivity index (χ1v) is 3.38. The Balaban J connectivity index is -0.0000000817. The third-order valence-electron chi connectivity index (χ3n) is 0.631. The molecule has 0 saturated heterocycles. The summed E-state index contributed by atoms with van der Waals surface area (Å²) >= 11 is 0. The van der Waals surface area contributed by atoms with Crippen LogP contribution in [0.25, 0.3) is 0 Å². The molecule has 0 aromatic carbocycles. The molecule has 54 valence electrons. The molecule has 0 radical (unpaired) electrons. The number of hydrogen-bond acceptors (Lipinski definition) is 3. The van der Waals surface area contributed by atoms with Crippen LogP contribution in [0.15, 0.2) is 0 Å². The van der Waals surface area contributed by atoms with E-state index in [0.717, 1.165) is 13.8 Å². The van der Waals surface area contributed by atoms with E-state index in [2.05, 4.69) is 0 Å². The molecular formula is C3H10CaO4S. The fraction of sp³-hybridized carbons (Fsp3) is 1.00. The van der Waals surface area contributed by atoms with Crippen LogP contribution >= 0.6 is 0 Å². The van der Waals surface area contributed by atoms with Gasteiger partial charge in [-0.25, -0.2) is 0 Å². The summed E-state index contributed by atoms with van der Waals surface area (Å²) in [6, 6.07) is 0. The standard InChI is InChI=1S/C3H8O4S.Ca.2H/c1-3(2,4)8(5,6)7;;;/h4H,1-2H3,(H,5,6,7);;;/q;+2;2*-1. The third kappa shape index (κ3) is 4.52. The topological polar surface area (TPSA) is 74.6 Å². The van der Waals surface area contributed by atoms with E-state index in [9.17, 15) is 8.42 Å². The predicted molar refractivity (Wildman–Crippen MR) is 35.8 cm³/mol. The first kappa shape index (κ1) is 12.8. The second-order valence-electron chi connectivity index (χ2n) is 1.92. The van der Waals surface area contributed by atoms with E-state index in [1.807, 2.05) is 0 Å². The molecule has 0 amide bonds. The van der Waals surface area contributed by atoms with Crippen molar-refractivity contribution in [3.05, 3.63) is 0 Å². The zero-order chi connectivity index (χ0) is 7.00. The average molecular weight is 182 g/mol. The van der Waals surface area contributed by atoms with Crippen LogP contribution < -0.4 is 0 Å². The Bertz CT molecular complexity index is 172. The fourth-order valence-corrected chi connectivity index (χ4v) is 0. The van der Waals surface area contributed by atoms with Crippen molar-refractivity contribution in [1.29, 1.82) is 0 Å². The Kier molecular flexibility index (Phi) is 4.97. The first-order chi connectivity index (χ1) is 3.25. The summed E-state index contributed by atoms with van der Waals surface area (Å²) in [5.74, 6) is 0. The van der Waals surface area contributed by atoms with Crippen LogP contribution in [0.4, 0.5) is 0 Å². The van der Waals surface area contributed by atoms with E-state index >= 15 is 0 Å². The van der Waals surface area contributed by atoms with Gasteiger partial charge in [-0.05, 0) is 13.8 Å². The Hall–Kier alpha value is 1.13. The molecule has 0 unspecified atom stereocenters. The van der Waals surface area contributed by atoms with Crippen molar-refractivity contribution in [2.24, 2.45) is 0 Å². The Morgan fingerprint density at radius 2 is 1.56 bits per heavy atom. The maximum atomic E-state index is 9.96. The van der Waals surface area contributed by atoms with Crippen LogP contribution in [0.1, 0.15) is 16.7 Å². The summed E-state index contributed by atoms with van der Waals surface area (Å²) in [6.07, 6.45) is 0. The second kappa shape index (κ2) is 3.50.